The molecule has 1 aromatic carbocycles. The van der Waals surface area contributed by atoms with Gasteiger partial charge in [-0.15, -0.1) is 0 Å². The number of hydrogen-bond donors (Lipinski definition) is 3. The molecule has 7 nitrogen and oxygen atoms in total. The summed E-state index contributed by atoms with van der Waals surface area (Å²) in [6.07, 6.45) is 7.02. The van der Waals surface area contributed by atoms with Crippen LogP contribution in [-0.4, -0.2) is 52.7 Å². The zero-order valence-corrected chi connectivity index (χ0v) is 18.0. The van der Waals surface area contributed by atoms with Crippen LogP contribution in [0, 0.1) is 18.8 Å². The number of carboxylic acids is 1. The number of benzene rings is 1. The molecule has 0 heterocycles. The molecule has 1 amide bonds. The van der Waals surface area contributed by atoms with Gasteiger partial charge < -0.3 is 25.6 Å². The van der Waals surface area contributed by atoms with Gasteiger partial charge in [0.05, 0.1) is 24.8 Å². The summed E-state index contributed by atoms with van der Waals surface area (Å²) in [5.41, 5.74) is 7.56. The molecule has 0 spiro atoms. The molecular weight excluding hydrogens is 384 g/mol. The van der Waals surface area contributed by atoms with Gasteiger partial charge in [0, 0.05) is 18.7 Å². The third-order valence-corrected chi connectivity index (χ3v) is 6.96. The van der Waals surface area contributed by atoms with Crippen molar-refractivity contribution in [3.05, 3.63) is 28.8 Å². The van der Waals surface area contributed by atoms with Gasteiger partial charge in [-0.05, 0) is 81.4 Å². The monoisotopic (exact) mass is 418 g/mol. The predicted molar refractivity (Wildman–Crippen MR) is 113 cm³/mol. The minimum atomic E-state index is -1.03. The van der Waals surface area contributed by atoms with E-state index in [-0.39, 0.29) is 24.0 Å². The third-order valence-electron chi connectivity index (χ3n) is 6.96. The second-order valence-corrected chi connectivity index (χ2v) is 8.88. The number of aliphatic hydroxyl groups excluding tert-OH is 1. The Kier molecular flexibility index (Phi) is 7.36. The summed E-state index contributed by atoms with van der Waals surface area (Å²) < 4.78 is 5.96. The number of rotatable bonds is 8. The van der Waals surface area contributed by atoms with Crippen molar-refractivity contribution in [2.45, 2.75) is 70.6 Å². The van der Waals surface area contributed by atoms with Gasteiger partial charge in [-0.3, -0.25) is 4.79 Å². The molecule has 3 rings (SSSR count). The highest BCUT2D eigenvalue weighted by Gasteiger charge is 2.34. The van der Waals surface area contributed by atoms with Crippen molar-refractivity contribution >= 4 is 11.9 Å². The van der Waals surface area contributed by atoms with Gasteiger partial charge in [-0.25, -0.2) is 4.79 Å². The van der Waals surface area contributed by atoms with Crippen molar-refractivity contribution in [3.63, 3.8) is 0 Å². The van der Waals surface area contributed by atoms with E-state index in [9.17, 15) is 19.8 Å². The number of likely N-dealkylation sites (N-methyl/N-ethyl adjacent to an activating group) is 1. The molecule has 166 valence electrons. The van der Waals surface area contributed by atoms with Crippen LogP contribution in [0.1, 0.15) is 66.4 Å². The summed E-state index contributed by atoms with van der Waals surface area (Å²) in [5, 5.41) is 18.8. The summed E-state index contributed by atoms with van der Waals surface area (Å²) in [4.78, 5) is 25.9. The minimum absolute atomic E-state index is 0.0667. The quantitative estimate of drug-likeness (QED) is 0.598. The highest BCUT2D eigenvalue weighted by molar-refractivity contribution is 5.90. The summed E-state index contributed by atoms with van der Waals surface area (Å²) >= 11 is 0. The molecule has 7 heteroatoms. The second-order valence-electron chi connectivity index (χ2n) is 8.88. The molecule has 1 atom stereocenters. The first-order valence-electron chi connectivity index (χ1n) is 10.9. The zero-order valence-electron chi connectivity index (χ0n) is 18.0. The van der Waals surface area contributed by atoms with Crippen LogP contribution in [0.5, 0.6) is 5.75 Å². The van der Waals surface area contributed by atoms with Crippen molar-refractivity contribution < 1.29 is 24.5 Å². The number of hydrogen-bond acceptors (Lipinski definition) is 5. The number of ether oxygens (including phenoxy) is 1. The predicted octanol–water partition coefficient (Wildman–Crippen LogP) is 2.71. The maximum Gasteiger partial charge on any atom is 0.336 e. The lowest BCUT2D eigenvalue weighted by Gasteiger charge is -2.38. The number of carboxylic acid groups (broad SMARTS) is 1. The smallest absolute Gasteiger partial charge is 0.336 e. The Morgan fingerprint density at radius 3 is 2.40 bits per heavy atom. The van der Waals surface area contributed by atoms with Crippen LogP contribution < -0.4 is 10.5 Å². The average molecular weight is 419 g/mol. The second kappa shape index (κ2) is 9.79. The summed E-state index contributed by atoms with van der Waals surface area (Å²) in [6.45, 7) is 1.98. The van der Waals surface area contributed by atoms with E-state index in [0.717, 1.165) is 38.5 Å². The van der Waals surface area contributed by atoms with Crippen LogP contribution >= 0.6 is 0 Å². The van der Waals surface area contributed by atoms with Gasteiger partial charge in [0.25, 0.3) is 0 Å². The van der Waals surface area contributed by atoms with Crippen LogP contribution in [-0.2, 0) is 11.4 Å². The number of nitrogens with two attached hydrogens (primary N) is 1. The van der Waals surface area contributed by atoms with Gasteiger partial charge in [-0.2, -0.15) is 0 Å². The van der Waals surface area contributed by atoms with Crippen molar-refractivity contribution in [3.8, 4) is 5.75 Å². The van der Waals surface area contributed by atoms with Crippen LogP contribution in [0.25, 0.3) is 0 Å². The van der Waals surface area contributed by atoms with Crippen molar-refractivity contribution in [2.75, 3.05) is 13.7 Å². The van der Waals surface area contributed by atoms with Crippen molar-refractivity contribution in [2.24, 2.45) is 17.6 Å². The summed E-state index contributed by atoms with van der Waals surface area (Å²) in [6, 6.07) is 3.12. The molecular formula is C23H34N2O5. The molecule has 4 N–H and O–H groups in total. The first-order valence-corrected chi connectivity index (χ1v) is 10.9. The first kappa shape index (κ1) is 22.6. The summed E-state index contributed by atoms with van der Waals surface area (Å²) in [7, 11) is 1.87. The molecule has 0 bridgehead atoms. The molecule has 0 aliphatic heterocycles. The van der Waals surface area contributed by atoms with Crippen LogP contribution in [0.2, 0.25) is 0 Å². The number of amides is 1. The molecule has 2 fully saturated rings. The SMILES string of the molecule is Cc1c(OCC2CCC([C@H](N)C(=O)N(C)C3CCC3)CC2)cc(CO)cc1C(=O)O. The third kappa shape index (κ3) is 4.95. The Morgan fingerprint density at radius 2 is 1.87 bits per heavy atom. The Balaban J connectivity index is 1.52. The highest BCUT2D eigenvalue weighted by Crippen LogP contribution is 2.33. The molecule has 30 heavy (non-hydrogen) atoms. The number of carbonyl (C=O) groups is 2. The lowest BCUT2D eigenvalue weighted by molar-refractivity contribution is -0.136. The van der Waals surface area contributed by atoms with E-state index in [0.29, 0.717) is 35.4 Å². The first-order chi connectivity index (χ1) is 14.3. The number of carbonyl (C=O) groups excluding carboxylic acids is 1. The van der Waals surface area contributed by atoms with E-state index >= 15 is 0 Å². The van der Waals surface area contributed by atoms with E-state index in [1.807, 2.05) is 11.9 Å². The van der Waals surface area contributed by atoms with E-state index in [4.69, 9.17) is 10.5 Å². The average Bonchev–Trinajstić information content (AvgIpc) is 2.70. The largest absolute Gasteiger partial charge is 0.493 e. The lowest BCUT2D eigenvalue weighted by Crippen LogP contribution is -2.52. The maximum absolute atomic E-state index is 12.7. The van der Waals surface area contributed by atoms with Gasteiger partial charge in [-0.1, -0.05) is 0 Å². The number of nitrogens with zero attached hydrogens (tertiary/aromatic N) is 1. The van der Waals surface area contributed by atoms with Crippen LogP contribution in [0.4, 0.5) is 0 Å². The summed E-state index contributed by atoms with van der Waals surface area (Å²) in [5.74, 6) is 0.0958. The fraction of sp³-hybridized carbons (Fsp3) is 0.652. The van der Waals surface area contributed by atoms with Crippen molar-refractivity contribution in [1.82, 2.24) is 4.90 Å². The lowest BCUT2D eigenvalue weighted by atomic mass is 9.78. The molecule has 1 aromatic rings. The molecule has 0 unspecified atom stereocenters. The fourth-order valence-electron chi connectivity index (χ4n) is 4.52. The Morgan fingerprint density at radius 1 is 1.20 bits per heavy atom. The van der Waals surface area contributed by atoms with Crippen molar-refractivity contribution in [1.29, 1.82) is 0 Å². The van der Waals surface area contributed by atoms with Crippen LogP contribution in [0.15, 0.2) is 12.1 Å². The Bertz CT molecular complexity index is 769. The molecule has 0 radical (unpaired) electrons. The van der Waals surface area contributed by atoms with E-state index in [2.05, 4.69) is 0 Å². The normalized spacial score (nSPS) is 22.8. The van der Waals surface area contributed by atoms with Gasteiger partial charge in [0.15, 0.2) is 0 Å². The molecule has 0 saturated heterocycles. The fourth-order valence-corrected chi connectivity index (χ4v) is 4.52. The topological polar surface area (TPSA) is 113 Å². The van der Waals surface area contributed by atoms with Crippen LogP contribution in [0.3, 0.4) is 0 Å². The zero-order chi connectivity index (χ0) is 21.8. The molecule has 2 aliphatic rings. The standard InChI is InChI=1S/C23H34N2O5/c1-14-19(23(28)29)10-16(12-26)11-20(14)30-13-15-6-8-17(9-7-15)21(24)22(27)25(2)18-4-3-5-18/h10-11,15,17-18,21,26H,3-9,12-13,24H2,1-2H3,(H,28,29)/t15?,17?,21-/m0/s1. The van der Waals surface area contributed by atoms with E-state index in [1.54, 1.807) is 13.0 Å². The minimum Gasteiger partial charge on any atom is -0.493 e. The number of aliphatic hydroxyl groups is 1. The molecule has 2 aliphatic carbocycles. The molecule has 2 saturated carbocycles. The number of aromatic carboxylic acids is 1. The van der Waals surface area contributed by atoms with Gasteiger partial charge in [0.1, 0.15) is 5.75 Å². The van der Waals surface area contributed by atoms with Gasteiger partial charge >= 0.3 is 5.97 Å². The van der Waals surface area contributed by atoms with E-state index in [1.165, 1.54) is 12.5 Å². The van der Waals surface area contributed by atoms with E-state index < -0.39 is 12.0 Å². The highest BCUT2D eigenvalue weighted by atomic mass is 16.5. The Labute approximate surface area is 178 Å². The van der Waals surface area contributed by atoms with Gasteiger partial charge in [0.2, 0.25) is 5.91 Å². The molecule has 0 aromatic heterocycles. The maximum atomic E-state index is 12.7. The Hall–Kier alpha value is -2.12.